The van der Waals surface area contributed by atoms with Gasteiger partial charge in [0.2, 0.25) is 0 Å². The second kappa shape index (κ2) is 9.67. The van der Waals surface area contributed by atoms with E-state index in [1.807, 2.05) is 77.6 Å². The predicted octanol–water partition coefficient (Wildman–Crippen LogP) is 3.70. The van der Waals surface area contributed by atoms with E-state index in [0.717, 1.165) is 35.6 Å². The van der Waals surface area contributed by atoms with Crippen LogP contribution in [0.1, 0.15) is 15.9 Å². The van der Waals surface area contributed by atoms with Crippen LogP contribution in [0.4, 0.5) is 5.82 Å². The molecular formula is C26H25N5O2. The quantitative estimate of drug-likeness (QED) is 0.496. The van der Waals surface area contributed by atoms with Crippen molar-refractivity contribution in [2.24, 2.45) is 0 Å². The highest BCUT2D eigenvalue weighted by Crippen LogP contribution is 2.24. The first-order valence-corrected chi connectivity index (χ1v) is 11.0. The smallest absolute Gasteiger partial charge is 0.255 e. The molecule has 1 aliphatic rings. The van der Waals surface area contributed by atoms with Crippen molar-refractivity contribution in [3.8, 4) is 16.9 Å². The summed E-state index contributed by atoms with van der Waals surface area (Å²) in [6.07, 6.45) is 3.70. The number of amides is 1. The van der Waals surface area contributed by atoms with Crippen molar-refractivity contribution in [2.45, 2.75) is 6.54 Å². The molecule has 1 aliphatic heterocycles. The van der Waals surface area contributed by atoms with Gasteiger partial charge < -0.3 is 15.0 Å². The fourth-order valence-corrected chi connectivity index (χ4v) is 3.96. The molecule has 0 unspecified atom stereocenters. The van der Waals surface area contributed by atoms with Crippen molar-refractivity contribution in [1.29, 1.82) is 0 Å². The number of carbonyl (C=O) groups excluding carboxylic acids is 1. The molecule has 0 saturated carbocycles. The molecule has 3 heterocycles. The van der Waals surface area contributed by atoms with Crippen molar-refractivity contribution in [3.05, 3.63) is 96.3 Å². The standard InChI is InChI=1S/C26H25N5O2/c32-26(23-12-7-13-27-25(23)30-14-16-33-17-15-30)28-18-21-19-31(22-10-5-2-6-11-22)29-24(21)20-8-3-1-4-9-20/h1-13,19H,14-18H2,(H,28,32). The molecule has 2 aromatic heterocycles. The van der Waals surface area contributed by atoms with Crippen LogP contribution in [0.5, 0.6) is 0 Å². The fraction of sp³-hybridized carbons (Fsp3) is 0.192. The van der Waals surface area contributed by atoms with Crippen LogP contribution in [0.3, 0.4) is 0 Å². The number of hydrogen-bond donors (Lipinski definition) is 1. The van der Waals surface area contributed by atoms with Crippen LogP contribution in [0, 0.1) is 0 Å². The molecule has 166 valence electrons. The van der Waals surface area contributed by atoms with E-state index in [0.29, 0.717) is 31.1 Å². The number of pyridine rings is 1. The van der Waals surface area contributed by atoms with Gasteiger partial charge in [0.25, 0.3) is 5.91 Å². The number of carbonyl (C=O) groups is 1. The highest BCUT2D eigenvalue weighted by molar-refractivity contribution is 5.99. The third-order valence-electron chi connectivity index (χ3n) is 5.64. The number of benzene rings is 2. The fourth-order valence-electron chi connectivity index (χ4n) is 3.96. The number of aromatic nitrogens is 3. The minimum atomic E-state index is -0.156. The van der Waals surface area contributed by atoms with Crippen LogP contribution < -0.4 is 10.2 Å². The number of ether oxygens (including phenoxy) is 1. The van der Waals surface area contributed by atoms with Crippen LogP contribution in [-0.4, -0.2) is 47.0 Å². The van der Waals surface area contributed by atoms with E-state index in [2.05, 4.69) is 15.2 Å². The lowest BCUT2D eigenvalue weighted by molar-refractivity contribution is 0.0949. The molecule has 7 heteroatoms. The van der Waals surface area contributed by atoms with Crippen LogP contribution in [0.15, 0.2) is 85.2 Å². The number of rotatable bonds is 6. The van der Waals surface area contributed by atoms with E-state index in [9.17, 15) is 4.79 Å². The van der Waals surface area contributed by atoms with E-state index < -0.39 is 0 Å². The number of anilines is 1. The molecule has 0 atom stereocenters. The van der Waals surface area contributed by atoms with Gasteiger partial charge in [0.15, 0.2) is 0 Å². The maximum Gasteiger partial charge on any atom is 0.255 e. The Balaban J connectivity index is 1.41. The zero-order valence-corrected chi connectivity index (χ0v) is 18.2. The molecule has 0 bridgehead atoms. The van der Waals surface area contributed by atoms with Crippen LogP contribution in [-0.2, 0) is 11.3 Å². The zero-order valence-electron chi connectivity index (χ0n) is 18.2. The third kappa shape index (κ3) is 4.63. The topological polar surface area (TPSA) is 72.3 Å². The molecule has 1 amide bonds. The molecule has 0 spiro atoms. The second-order valence-electron chi connectivity index (χ2n) is 7.81. The minimum absolute atomic E-state index is 0.156. The summed E-state index contributed by atoms with van der Waals surface area (Å²) in [4.78, 5) is 19.7. The van der Waals surface area contributed by atoms with Crippen LogP contribution >= 0.6 is 0 Å². The average molecular weight is 440 g/mol. The Morgan fingerprint density at radius 3 is 2.42 bits per heavy atom. The molecular weight excluding hydrogens is 414 g/mol. The SMILES string of the molecule is O=C(NCc1cn(-c2ccccc2)nc1-c1ccccc1)c1cccnc1N1CCOCC1. The molecule has 2 aromatic carbocycles. The summed E-state index contributed by atoms with van der Waals surface area (Å²) in [5, 5.41) is 7.90. The van der Waals surface area contributed by atoms with Crippen LogP contribution in [0.25, 0.3) is 16.9 Å². The number of hydrogen-bond acceptors (Lipinski definition) is 5. The largest absolute Gasteiger partial charge is 0.378 e. The molecule has 0 aliphatic carbocycles. The molecule has 1 saturated heterocycles. The van der Waals surface area contributed by atoms with Gasteiger partial charge in [0, 0.05) is 43.2 Å². The van der Waals surface area contributed by atoms with Gasteiger partial charge in [0.1, 0.15) is 5.82 Å². The van der Waals surface area contributed by atoms with Gasteiger partial charge in [-0.15, -0.1) is 0 Å². The first kappa shape index (κ1) is 20.9. The van der Waals surface area contributed by atoms with Gasteiger partial charge >= 0.3 is 0 Å². The number of para-hydroxylation sites is 1. The van der Waals surface area contributed by atoms with Gasteiger partial charge in [-0.2, -0.15) is 5.10 Å². The Bertz CT molecular complexity index is 1220. The van der Waals surface area contributed by atoms with E-state index in [4.69, 9.17) is 9.84 Å². The Kier molecular flexibility index (Phi) is 6.12. The molecule has 0 radical (unpaired) electrons. The Morgan fingerprint density at radius 2 is 1.67 bits per heavy atom. The van der Waals surface area contributed by atoms with Gasteiger partial charge in [-0.1, -0.05) is 48.5 Å². The van der Waals surface area contributed by atoms with Gasteiger partial charge in [-0.05, 0) is 24.3 Å². The molecule has 33 heavy (non-hydrogen) atoms. The maximum atomic E-state index is 13.2. The maximum absolute atomic E-state index is 13.2. The number of morpholine rings is 1. The average Bonchev–Trinajstić information content (AvgIpc) is 3.33. The summed E-state index contributed by atoms with van der Waals surface area (Å²) < 4.78 is 7.30. The lowest BCUT2D eigenvalue weighted by atomic mass is 10.1. The van der Waals surface area contributed by atoms with Crippen molar-refractivity contribution >= 4 is 11.7 Å². The summed E-state index contributed by atoms with van der Waals surface area (Å²) in [5.41, 5.74) is 4.33. The minimum Gasteiger partial charge on any atom is -0.378 e. The van der Waals surface area contributed by atoms with Crippen molar-refractivity contribution in [3.63, 3.8) is 0 Å². The van der Waals surface area contributed by atoms with Crippen molar-refractivity contribution < 1.29 is 9.53 Å². The molecule has 4 aromatic rings. The summed E-state index contributed by atoms with van der Waals surface area (Å²) >= 11 is 0. The van der Waals surface area contributed by atoms with E-state index in [-0.39, 0.29) is 5.91 Å². The Hall–Kier alpha value is -3.97. The predicted molar refractivity (Wildman–Crippen MR) is 127 cm³/mol. The lowest BCUT2D eigenvalue weighted by Gasteiger charge is -2.29. The zero-order chi connectivity index (χ0) is 22.5. The first-order valence-electron chi connectivity index (χ1n) is 11.0. The summed E-state index contributed by atoms with van der Waals surface area (Å²) in [6.45, 7) is 3.07. The van der Waals surface area contributed by atoms with Gasteiger partial charge in [-0.3, -0.25) is 4.79 Å². The lowest BCUT2D eigenvalue weighted by Crippen LogP contribution is -2.38. The van der Waals surface area contributed by atoms with Crippen molar-refractivity contribution in [2.75, 3.05) is 31.2 Å². The molecule has 5 rings (SSSR count). The van der Waals surface area contributed by atoms with E-state index >= 15 is 0 Å². The van der Waals surface area contributed by atoms with Crippen LogP contribution in [0.2, 0.25) is 0 Å². The van der Waals surface area contributed by atoms with Crippen molar-refractivity contribution in [1.82, 2.24) is 20.1 Å². The summed E-state index contributed by atoms with van der Waals surface area (Å²) in [5.74, 6) is 0.539. The monoisotopic (exact) mass is 439 g/mol. The van der Waals surface area contributed by atoms with Gasteiger partial charge in [-0.25, -0.2) is 9.67 Å². The normalized spacial score (nSPS) is 13.6. The second-order valence-corrected chi connectivity index (χ2v) is 7.81. The number of nitrogens with one attached hydrogen (secondary N) is 1. The highest BCUT2D eigenvalue weighted by atomic mass is 16.5. The Labute approximate surface area is 192 Å². The number of nitrogens with zero attached hydrogens (tertiary/aromatic N) is 4. The first-order chi connectivity index (χ1) is 16.3. The third-order valence-corrected chi connectivity index (χ3v) is 5.64. The molecule has 1 fully saturated rings. The molecule has 7 nitrogen and oxygen atoms in total. The Morgan fingerprint density at radius 1 is 0.939 bits per heavy atom. The highest BCUT2D eigenvalue weighted by Gasteiger charge is 2.20. The van der Waals surface area contributed by atoms with E-state index in [1.54, 1.807) is 12.3 Å². The summed E-state index contributed by atoms with van der Waals surface area (Å²) in [6, 6.07) is 23.6. The molecule has 1 N–H and O–H groups in total. The van der Waals surface area contributed by atoms with Gasteiger partial charge in [0.05, 0.1) is 30.2 Å². The van der Waals surface area contributed by atoms with E-state index in [1.165, 1.54) is 0 Å². The summed E-state index contributed by atoms with van der Waals surface area (Å²) in [7, 11) is 0.